The second kappa shape index (κ2) is 6.06. The van der Waals surface area contributed by atoms with Gasteiger partial charge in [-0.15, -0.1) is 11.3 Å². The van der Waals surface area contributed by atoms with E-state index in [1.165, 1.54) is 4.70 Å². The predicted molar refractivity (Wildman–Crippen MR) is 96.8 cm³/mol. The normalized spacial score (nSPS) is 17.8. The van der Waals surface area contributed by atoms with Gasteiger partial charge in [0, 0.05) is 11.0 Å². The Hall–Kier alpha value is -1.72. The summed E-state index contributed by atoms with van der Waals surface area (Å²) in [5.41, 5.74) is 1.74. The van der Waals surface area contributed by atoms with Crippen molar-refractivity contribution in [1.82, 2.24) is 9.88 Å². The van der Waals surface area contributed by atoms with Crippen molar-refractivity contribution < 1.29 is 4.79 Å². The van der Waals surface area contributed by atoms with Crippen molar-refractivity contribution >= 4 is 43.4 Å². The van der Waals surface area contributed by atoms with E-state index in [1.54, 1.807) is 11.3 Å². The molecule has 1 fully saturated rings. The zero-order valence-corrected chi connectivity index (χ0v) is 14.8. The number of thiazole rings is 1. The quantitative estimate of drug-likeness (QED) is 0.618. The molecule has 116 valence electrons. The first-order chi connectivity index (χ1) is 11.2. The fourth-order valence-corrected chi connectivity index (χ4v) is 4.66. The highest BCUT2D eigenvalue weighted by Gasteiger charge is 2.33. The van der Waals surface area contributed by atoms with Crippen LogP contribution in [0, 0.1) is 0 Å². The van der Waals surface area contributed by atoms with Crippen LogP contribution in [0.2, 0.25) is 0 Å². The molecule has 0 bridgehead atoms. The lowest BCUT2D eigenvalue weighted by Gasteiger charge is -2.23. The third kappa shape index (κ3) is 2.68. The molecule has 1 unspecified atom stereocenters. The summed E-state index contributed by atoms with van der Waals surface area (Å²) >= 11 is 5.19. The average Bonchev–Trinajstić information content (AvgIpc) is 3.21. The van der Waals surface area contributed by atoms with Crippen molar-refractivity contribution in [2.24, 2.45) is 0 Å². The Morgan fingerprint density at radius 3 is 2.78 bits per heavy atom. The minimum atomic E-state index is 0.0826. The van der Waals surface area contributed by atoms with Crippen LogP contribution < -0.4 is 0 Å². The molecule has 0 N–H and O–H groups in total. The van der Waals surface area contributed by atoms with Crippen LogP contribution in [0.4, 0.5) is 0 Å². The van der Waals surface area contributed by atoms with Gasteiger partial charge in [-0.25, -0.2) is 4.98 Å². The summed E-state index contributed by atoms with van der Waals surface area (Å²) in [6.07, 6.45) is 2.01. The first-order valence-corrected chi connectivity index (χ1v) is 9.26. The highest BCUT2D eigenvalue weighted by molar-refractivity contribution is 9.10. The van der Waals surface area contributed by atoms with E-state index in [2.05, 4.69) is 22.0 Å². The third-order valence-corrected chi connectivity index (χ3v) is 6.04. The van der Waals surface area contributed by atoms with Crippen LogP contribution >= 0.6 is 27.3 Å². The zero-order valence-electron chi connectivity index (χ0n) is 12.4. The van der Waals surface area contributed by atoms with E-state index in [-0.39, 0.29) is 11.9 Å². The number of carbonyl (C=O) groups excluding carboxylic acids is 1. The van der Waals surface area contributed by atoms with E-state index >= 15 is 0 Å². The van der Waals surface area contributed by atoms with Gasteiger partial charge >= 0.3 is 0 Å². The molecule has 0 saturated carbocycles. The lowest BCUT2D eigenvalue weighted by Crippen LogP contribution is -2.30. The molecule has 1 aromatic heterocycles. The molecule has 5 heteroatoms. The summed E-state index contributed by atoms with van der Waals surface area (Å²) in [4.78, 5) is 19.7. The molecule has 0 radical (unpaired) electrons. The number of halogens is 1. The topological polar surface area (TPSA) is 33.2 Å². The number of hydrogen-bond acceptors (Lipinski definition) is 3. The molecule has 1 amide bonds. The van der Waals surface area contributed by atoms with Gasteiger partial charge in [0.05, 0.1) is 21.8 Å². The molecule has 0 aliphatic carbocycles. The Balaban J connectivity index is 1.69. The molecule has 2 aromatic carbocycles. The molecule has 1 saturated heterocycles. The minimum absolute atomic E-state index is 0.0826. The van der Waals surface area contributed by atoms with Gasteiger partial charge < -0.3 is 4.90 Å². The molecule has 1 atom stereocenters. The summed E-state index contributed by atoms with van der Waals surface area (Å²) in [5.74, 6) is 0.0826. The number of benzene rings is 2. The Morgan fingerprint density at radius 1 is 1.17 bits per heavy atom. The molecule has 0 spiro atoms. The fraction of sp³-hybridized carbons (Fsp3) is 0.222. The number of fused-ring (bicyclic) bond motifs is 1. The van der Waals surface area contributed by atoms with Crippen LogP contribution in [0.15, 0.2) is 53.0 Å². The van der Waals surface area contributed by atoms with Gasteiger partial charge in [0.2, 0.25) is 0 Å². The van der Waals surface area contributed by atoms with Gasteiger partial charge in [-0.2, -0.15) is 0 Å². The maximum atomic E-state index is 12.9. The van der Waals surface area contributed by atoms with Crippen molar-refractivity contribution in [2.75, 3.05) is 6.54 Å². The van der Waals surface area contributed by atoms with E-state index in [0.29, 0.717) is 0 Å². The maximum absolute atomic E-state index is 12.9. The lowest BCUT2D eigenvalue weighted by molar-refractivity contribution is 0.0734. The number of hydrogen-bond donors (Lipinski definition) is 0. The number of aromatic nitrogens is 1. The standard InChI is InChI=1S/C18H15BrN2OS/c19-13-7-2-1-6-12(13)18(22)21-11-5-9-15(21)17-20-14-8-3-4-10-16(14)23-17/h1-4,6-8,10,15H,5,9,11H2. The van der Waals surface area contributed by atoms with Gasteiger partial charge in [-0.05, 0) is 53.0 Å². The van der Waals surface area contributed by atoms with E-state index in [0.717, 1.165) is 39.9 Å². The van der Waals surface area contributed by atoms with Crippen LogP contribution in [0.5, 0.6) is 0 Å². The SMILES string of the molecule is O=C(c1ccccc1Br)N1CCCC1c1nc2ccccc2s1. The first kappa shape index (κ1) is 14.8. The molecule has 1 aliphatic rings. The number of rotatable bonds is 2. The predicted octanol–water partition coefficient (Wildman–Crippen LogP) is 5.04. The van der Waals surface area contributed by atoms with Crippen molar-refractivity contribution in [3.05, 3.63) is 63.6 Å². The second-order valence-electron chi connectivity index (χ2n) is 5.66. The van der Waals surface area contributed by atoms with Gasteiger partial charge in [0.25, 0.3) is 5.91 Å². The molecule has 4 rings (SSSR count). The van der Waals surface area contributed by atoms with Crippen LogP contribution in [-0.2, 0) is 0 Å². The van der Waals surface area contributed by atoms with Crippen LogP contribution in [0.25, 0.3) is 10.2 Å². The van der Waals surface area contributed by atoms with Crippen LogP contribution in [0.1, 0.15) is 34.2 Å². The maximum Gasteiger partial charge on any atom is 0.255 e. The number of para-hydroxylation sites is 1. The van der Waals surface area contributed by atoms with Gasteiger partial charge in [-0.1, -0.05) is 24.3 Å². The van der Waals surface area contributed by atoms with E-state index in [1.807, 2.05) is 47.4 Å². The summed E-state index contributed by atoms with van der Waals surface area (Å²) in [5, 5.41) is 1.05. The molecular weight excluding hydrogens is 372 g/mol. The Kier molecular flexibility index (Phi) is 3.91. The highest BCUT2D eigenvalue weighted by atomic mass is 79.9. The Bertz CT molecular complexity index is 843. The minimum Gasteiger partial charge on any atom is -0.329 e. The molecule has 23 heavy (non-hydrogen) atoms. The third-order valence-electron chi connectivity index (χ3n) is 4.21. The Labute approximate surface area is 147 Å². The number of nitrogens with zero attached hydrogens (tertiary/aromatic N) is 2. The average molecular weight is 387 g/mol. The molecule has 3 aromatic rings. The summed E-state index contributed by atoms with van der Waals surface area (Å²) < 4.78 is 2.03. The van der Waals surface area contributed by atoms with E-state index in [4.69, 9.17) is 4.98 Å². The highest BCUT2D eigenvalue weighted by Crippen LogP contribution is 2.37. The van der Waals surface area contributed by atoms with E-state index < -0.39 is 0 Å². The smallest absolute Gasteiger partial charge is 0.255 e. The van der Waals surface area contributed by atoms with Gasteiger partial charge in [0.15, 0.2) is 0 Å². The van der Waals surface area contributed by atoms with Crippen molar-refractivity contribution in [3.8, 4) is 0 Å². The second-order valence-corrected chi connectivity index (χ2v) is 7.57. The van der Waals surface area contributed by atoms with Crippen LogP contribution in [0.3, 0.4) is 0 Å². The van der Waals surface area contributed by atoms with Gasteiger partial charge in [0.1, 0.15) is 5.01 Å². The summed E-state index contributed by atoms with van der Waals surface area (Å²) in [6.45, 7) is 0.792. The van der Waals surface area contributed by atoms with Crippen molar-refractivity contribution in [1.29, 1.82) is 0 Å². The molecule has 3 nitrogen and oxygen atoms in total. The number of amides is 1. The summed E-state index contributed by atoms with van der Waals surface area (Å²) in [6, 6.07) is 15.9. The molecule has 2 heterocycles. The molecular formula is C18H15BrN2OS. The molecule has 1 aliphatic heterocycles. The summed E-state index contributed by atoms with van der Waals surface area (Å²) in [7, 11) is 0. The monoisotopic (exact) mass is 386 g/mol. The van der Waals surface area contributed by atoms with E-state index in [9.17, 15) is 4.79 Å². The lowest BCUT2D eigenvalue weighted by atomic mass is 10.1. The van der Waals surface area contributed by atoms with Crippen molar-refractivity contribution in [2.45, 2.75) is 18.9 Å². The fourth-order valence-electron chi connectivity index (χ4n) is 3.09. The number of carbonyl (C=O) groups is 1. The van der Waals surface area contributed by atoms with Crippen LogP contribution in [-0.4, -0.2) is 22.3 Å². The number of likely N-dealkylation sites (tertiary alicyclic amines) is 1. The zero-order chi connectivity index (χ0) is 15.8. The Morgan fingerprint density at radius 2 is 1.96 bits per heavy atom. The van der Waals surface area contributed by atoms with Gasteiger partial charge in [-0.3, -0.25) is 4.79 Å². The largest absolute Gasteiger partial charge is 0.329 e. The van der Waals surface area contributed by atoms with Crippen molar-refractivity contribution in [3.63, 3.8) is 0 Å². The first-order valence-electron chi connectivity index (χ1n) is 7.65.